The Kier molecular flexibility index (Phi) is 5.00. The van der Waals surface area contributed by atoms with Gasteiger partial charge in [0, 0.05) is 19.2 Å². The van der Waals surface area contributed by atoms with E-state index in [1.54, 1.807) is 4.90 Å². The Labute approximate surface area is 119 Å². The molecule has 1 atom stereocenters. The Bertz CT molecular complexity index is 458. The molecular formula is C14H24N4O2. The van der Waals surface area contributed by atoms with E-state index in [9.17, 15) is 9.90 Å². The van der Waals surface area contributed by atoms with Crippen LogP contribution in [-0.4, -0.2) is 45.0 Å². The van der Waals surface area contributed by atoms with Crippen LogP contribution in [0.2, 0.25) is 0 Å². The highest BCUT2D eigenvalue weighted by Gasteiger charge is 2.28. The van der Waals surface area contributed by atoms with Gasteiger partial charge in [0.15, 0.2) is 0 Å². The number of anilines is 1. The van der Waals surface area contributed by atoms with E-state index in [-0.39, 0.29) is 18.7 Å². The number of aryl methyl sites for hydroxylation is 2. The monoisotopic (exact) mass is 280 g/mol. The van der Waals surface area contributed by atoms with Crippen LogP contribution in [0.15, 0.2) is 6.07 Å². The van der Waals surface area contributed by atoms with Crippen molar-refractivity contribution >= 4 is 11.8 Å². The van der Waals surface area contributed by atoms with E-state index in [0.717, 1.165) is 43.7 Å². The van der Waals surface area contributed by atoms with E-state index < -0.39 is 0 Å². The molecule has 1 aliphatic rings. The lowest BCUT2D eigenvalue weighted by atomic mass is 10.2. The number of likely N-dealkylation sites (tertiary alicyclic amines) is 1. The highest BCUT2D eigenvalue weighted by Crippen LogP contribution is 2.19. The first-order valence-corrected chi connectivity index (χ1v) is 7.38. The third-order valence-corrected chi connectivity index (χ3v) is 3.71. The van der Waals surface area contributed by atoms with Gasteiger partial charge in [-0.3, -0.25) is 5.32 Å². The molecule has 112 valence electrons. The molecule has 2 rings (SSSR count). The molecule has 1 fully saturated rings. The topological polar surface area (TPSA) is 70.4 Å². The molecule has 0 aliphatic carbocycles. The van der Waals surface area contributed by atoms with Gasteiger partial charge in [-0.25, -0.2) is 9.48 Å². The van der Waals surface area contributed by atoms with Crippen molar-refractivity contribution in [3.05, 3.63) is 11.8 Å². The molecule has 6 nitrogen and oxygen atoms in total. The zero-order valence-electron chi connectivity index (χ0n) is 12.3. The minimum Gasteiger partial charge on any atom is -0.394 e. The lowest BCUT2D eigenvalue weighted by Gasteiger charge is -2.23. The maximum Gasteiger partial charge on any atom is 0.323 e. The Morgan fingerprint density at radius 2 is 2.40 bits per heavy atom. The molecule has 0 bridgehead atoms. The molecule has 1 aromatic rings. The Hall–Kier alpha value is -1.56. The van der Waals surface area contributed by atoms with Crippen molar-refractivity contribution in [2.75, 3.05) is 18.5 Å². The van der Waals surface area contributed by atoms with Crippen molar-refractivity contribution in [2.45, 2.75) is 52.1 Å². The highest BCUT2D eigenvalue weighted by molar-refractivity contribution is 5.88. The molecule has 0 aromatic carbocycles. The number of carbonyl (C=O) groups is 1. The summed E-state index contributed by atoms with van der Waals surface area (Å²) < 4.78 is 1.85. The van der Waals surface area contributed by atoms with Gasteiger partial charge in [-0.2, -0.15) is 5.10 Å². The number of rotatable bonds is 5. The third-order valence-electron chi connectivity index (χ3n) is 3.71. The van der Waals surface area contributed by atoms with Crippen LogP contribution in [0.4, 0.5) is 10.6 Å². The molecule has 6 heteroatoms. The zero-order chi connectivity index (χ0) is 14.5. The quantitative estimate of drug-likeness (QED) is 0.866. The van der Waals surface area contributed by atoms with Gasteiger partial charge in [0.25, 0.3) is 0 Å². The SMILES string of the molecule is CCCCn1nc(C)cc1NC(=O)N1CCC[C@H]1CO. The van der Waals surface area contributed by atoms with Gasteiger partial charge in [-0.1, -0.05) is 13.3 Å². The standard InChI is InChI=1S/C14H24N4O2/c1-3-4-8-18-13(9-11(2)16-18)15-14(20)17-7-5-6-12(17)10-19/h9,12,19H,3-8,10H2,1-2H3,(H,15,20)/t12-/m0/s1. The largest absolute Gasteiger partial charge is 0.394 e. The third kappa shape index (κ3) is 3.30. The summed E-state index contributed by atoms with van der Waals surface area (Å²) in [4.78, 5) is 14.0. The molecule has 0 spiro atoms. The van der Waals surface area contributed by atoms with Crippen LogP contribution in [0.5, 0.6) is 0 Å². The van der Waals surface area contributed by atoms with Gasteiger partial charge < -0.3 is 10.0 Å². The van der Waals surface area contributed by atoms with Crippen molar-refractivity contribution in [3.63, 3.8) is 0 Å². The van der Waals surface area contributed by atoms with Gasteiger partial charge in [0.1, 0.15) is 5.82 Å². The first-order chi connectivity index (χ1) is 9.65. The van der Waals surface area contributed by atoms with Crippen molar-refractivity contribution in [1.29, 1.82) is 0 Å². The predicted molar refractivity (Wildman–Crippen MR) is 77.7 cm³/mol. The van der Waals surface area contributed by atoms with Crippen molar-refractivity contribution in [2.24, 2.45) is 0 Å². The van der Waals surface area contributed by atoms with Crippen LogP contribution >= 0.6 is 0 Å². The van der Waals surface area contributed by atoms with Crippen LogP contribution in [0.3, 0.4) is 0 Å². The molecule has 0 saturated carbocycles. The van der Waals surface area contributed by atoms with Crippen LogP contribution < -0.4 is 5.32 Å². The zero-order valence-corrected chi connectivity index (χ0v) is 12.3. The number of hydrogen-bond donors (Lipinski definition) is 2. The second kappa shape index (κ2) is 6.74. The van der Waals surface area contributed by atoms with Crippen LogP contribution in [0.25, 0.3) is 0 Å². The Morgan fingerprint density at radius 3 is 3.10 bits per heavy atom. The van der Waals surface area contributed by atoms with Gasteiger partial charge in [0.05, 0.1) is 18.3 Å². The Morgan fingerprint density at radius 1 is 1.60 bits per heavy atom. The number of carbonyl (C=O) groups excluding carboxylic acids is 1. The number of aliphatic hydroxyl groups is 1. The number of urea groups is 1. The van der Waals surface area contributed by atoms with Gasteiger partial charge in [0.2, 0.25) is 0 Å². The number of nitrogens with one attached hydrogen (secondary N) is 1. The minimum atomic E-state index is -0.140. The molecule has 0 radical (unpaired) electrons. The van der Waals surface area contributed by atoms with E-state index in [4.69, 9.17) is 0 Å². The molecule has 0 unspecified atom stereocenters. The molecule has 1 aliphatic heterocycles. The first-order valence-electron chi connectivity index (χ1n) is 7.38. The summed E-state index contributed by atoms with van der Waals surface area (Å²) in [7, 11) is 0. The summed E-state index contributed by atoms with van der Waals surface area (Å²) >= 11 is 0. The molecule has 2 N–H and O–H groups in total. The van der Waals surface area contributed by atoms with Gasteiger partial charge in [-0.05, 0) is 26.2 Å². The first kappa shape index (κ1) is 14.8. The summed E-state index contributed by atoms with van der Waals surface area (Å²) in [6.07, 6.45) is 3.95. The van der Waals surface area contributed by atoms with Crippen LogP contribution in [-0.2, 0) is 6.54 Å². The van der Waals surface area contributed by atoms with Gasteiger partial charge in [-0.15, -0.1) is 0 Å². The molecule has 1 aromatic heterocycles. The smallest absolute Gasteiger partial charge is 0.323 e. The minimum absolute atomic E-state index is 0.0293. The van der Waals surface area contributed by atoms with Crippen LogP contribution in [0.1, 0.15) is 38.3 Å². The number of aliphatic hydroxyl groups excluding tert-OH is 1. The average molecular weight is 280 g/mol. The van der Waals surface area contributed by atoms with E-state index in [1.807, 2.05) is 17.7 Å². The van der Waals surface area contributed by atoms with E-state index in [0.29, 0.717) is 6.54 Å². The van der Waals surface area contributed by atoms with E-state index in [2.05, 4.69) is 17.3 Å². The number of hydrogen-bond acceptors (Lipinski definition) is 3. The summed E-state index contributed by atoms with van der Waals surface area (Å²) in [6, 6.07) is 1.69. The fourth-order valence-electron chi connectivity index (χ4n) is 2.60. The number of amides is 2. The maximum absolute atomic E-state index is 12.3. The highest BCUT2D eigenvalue weighted by atomic mass is 16.3. The fourth-order valence-corrected chi connectivity index (χ4v) is 2.60. The molecule has 2 heterocycles. The lowest BCUT2D eigenvalue weighted by Crippen LogP contribution is -2.40. The summed E-state index contributed by atoms with van der Waals surface area (Å²) in [6.45, 7) is 5.60. The van der Waals surface area contributed by atoms with Crippen LogP contribution in [0, 0.1) is 6.92 Å². The normalized spacial score (nSPS) is 18.6. The predicted octanol–water partition coefficient (Wildman–Crippen LogP) is 1.98. The fraction of sp³-hybridized carbons (Fsp3) is 0.714. The molecule has 2 amide bonds. The number of nitrogens with zero attached hydrogens (tertiary/aromatic N) is 3. The molecular weight excluding hydrogens is 256 g/mol. The van der Waals surface area contributed by atoms with Crippen molar-refractivity contribution < 1.29 is 9.90 Å². The molecule has 20 heavy (non-hydrogen) atoms. The molecule has 1 saturated heterocycles. The van der Waals surface area contributed by atoms with Crippen molar-refractivity contribution in [3.8, 4) is 0 Å². The van der Waals surface area contributed by atoms with E-state index in [1.165, 1.54) is 0 Å². The van der Waals surface area contributed by atoms with E-state index >= 15 is 0 Å². The number of aromatic nitrogens is 2. The summed E-state index contributed by atoms with van der Waals surface area (Å²) in [5.74, 6) is 0.740. The van der Waals surface area contributed by atoms with Crippen molar-refractivity contribution in [1.82, 2.24) is 14.7 Å². The summed E-state index contributed by atoms with van der Waals surface area (Å²) in [5.41, 5.74) is 0.900. The second-order valence-corrected chi connectivity index (χ2v) is 5.35. The summed E-state index contributed by atoms with van der Waals surface area (Å²) in [5, 5.41) is 16.6. The lowest BCUT2D eigenvalue weighted by molar-refractivity contribution is 0.166. The Balaban J connectivity index is 2.03. The average Bonchev–Trinajstić information content (AvgIpc) is 3.02. The number of unbranched alkanes of at least 4 members (excludes halogenated alkanes) is 1. The van der Waals surface area contributed by atoms with Gasteiger partial charge >= 0.3 is 6.03 Å². The maximum atomic E-state index is 12.3. The second-order valence-electron chi connectivity index (χ2n) is 5.35.